The zero-order valence-corrected chi connectivity index (χ0v) is 12.5. The molecule has 1 aliphatic heterocycles. The number of hydrogen-bond acceptors (Lipinski definition) is 4. The van der Waals surface area contributed by atoms with Gasteiger partial charge in [-0.2, -0.15) is 5.26 Å². The summed E-state index contributed by atoms with van der Waals surface area (Å²) >= 11 is 5.86. The van der Waals surface area contributed by atoms with Crippen LogP contribution >= 0.6 is 11.6 Å². The van der Waals surface area contributed by atoms with E-state index < -0.39 is 10.0 Å². The molecule has 0 spiro atoms. The SMILES string of the molecule is N#Cc1ccc(S(=O)(=O)NCC2CCCNC2)cc1Cl. The maximum Gasteiger partial charge on any atom is 0.240 e. The van der Waals surface area contributed by atoms with Gasteiger partial charge in [-0.1, -0.05) is 11.6 Å². The molecule has 1 aromatic rings. The third-order valence-electron chi connectivity index (χ3n) is 3.33. The van der Waals surface area contributed by atoms with E-state index in [1.54, 1.807) is 0 Å². The van der Waals surface area contributed by atoms with Gasteiger partial charge in [0.25, 0.3) is 0 Å². The largest absolute Gasteiger partial charge is 0.316 e. The van der Waals surface area contributed by atoms with Crippen LogP contribution in [0.3, 0.4) is 0 Å². The molecule has 1 saturated heterocycles. The molecule has 0 aliphatic carbocycles. The van der Waals surface area contributed by atoms with Gasteiger partial charge in [-0.25, -0.2) is 13.1 Å². The fourth-order valence-electron chi connectivity index (χ4n) is 2.16. The Kier molecular flexibility index (Phi) is 5.00. The quantitative estimate of drug-likeness (QED) is 0.882. The molecule has 5 nitrogen and oxygen atoms in total. The molecule has 2 rings (SSSR count). The zero-order chi connectivity index (χ0) is 14.6. The van der Waals surface area contributed by atoms with Crippen LogP contribution in [0, 0.1) is 17.2 Å². The minimum absolute atomic E-state index is 0.0882. The second-order valence-corrected chi connectivity index (χ2v) is 6.99. The van der Waals surface area contributed by atoms with Crippen molar-refractivity contribution in [2.45, 2.75) is 17.7 Å². The van der Waals surface area contributed by atoms with Crippen molar-refractivity contribution in [3.05, 3.63) is 28.8 Å². The van der Waals surface area contributed by atoms with Crippen LogP contribution in [0.5, 0.6) is 0 Å². The number of rotatable bonds is 4. The van der Waals surface area contributed by atoms with E-state index in [-0.39, 0.29) is 15.5 Å². The molecule has 1 aromatic carbocycles. The molecule has 0 amide bonds. The molecule has 0 aromatic heterocycles. The van der Waals surface area contributed by atoms with Crippen LogP contribution in [0.25, 0.3) is 0 Å². The van der Waals surface area contributed by atoms with Gasteiger partial charge in [0.2, 0.25) is 10.0 Å². The lowest BCUT2D eigenvalue weighted by atomic mass is 10.0. The standard InChI is InChI=1S/C13H16ClN3O2S/c14-13-6-12(4-3-11(13)7-15)20(18,19)17-9-10-2-1-5-16-8-10/h3-4,6,10,16-17H,1-2,5,8-9H2. The number of benzene rings is 1. The van der Waals surface area contributed by atoms with E-state index in [1.165, 1.54) is 18.2 Å². The van der Waals surface area contributed by atoms with E-state index in [4.69, 9.17) is 16.9 Å². The van der Waals surface area contributed by atoms with Crippen molar-refractivity contribution < 1.29 is 8.42 Å². The van der Waals surface area contributed by atoms with E-state index in [0.717, 1.165) is 25.9 Å². The number of nitrogens with zero attached hydrogens (tertiary/aromatic N) is 1. The predicted octanol–water partition coefficient (Wildman–Crippen LogP) is 1.49. The Morgan fingerprint density at radius 3 is 2.90 bits per heavy atom. The molecule has 2 N–H and O–H groups in total. The third-order valence-corrected chi connectivity index (χ3v) is 5.07. The first kappa shape index (κ1) is 15.3. The summed E-state index contributed by atoms with van der Waals surface area (Å²) < 4.78 is 26.9. The topological polar surface area (TPSA) is 82.0 Å². The van der Waals surface area contributed by atoms with Crippen LogP contribution in [-0.2, 0) is 10.0 Å². The lowest BCUT2D eigenvalue weighted by Crippen LogP contribution is -2.38. The van der Waals surface area contributed by atoms with Gasteiger partial charge in [0.05, 0.1) is 15.5 Å². The highest BCUT2D eigenvalue weighted by atomic mass is 35.5. The highest BCUT2D eigenvalue weighted by Gasteiger charge is 2.19. The number of piperidine rings is 1. The van der Waals surface area contributed by atoms with Gasteiger partial charge in [0.1, 0.15) is 6.07 Å². The molecule has 1 fully saturated rings. The fraction of sp³-hybridized carbons (Fsp3) is 0.462. The van der Waals surface area contributed by atoms with Crippen molar-refractivity contribution in [3.63, 3.8) is 0 Å². The molecular formula is C13H16ClN3O2S. The van der Waals surface area contributed by atoms with Gasteiger partial charge >= 0.3 is 0 Å². The van der Waals surface area contributed by atoms with Gasteiger partial charge in [-0.3, -0.25) is 0 Å². The minimum atomic E-state index is -3.58. The summed E-state index contributed by atoms with van der Waals surface area (Å²) in [6.07, 6.45) is 2.08. The minimum Gasteiger partial charge on any atom is -0.316 e. The van der Waals surface area contributed by atoms with Gasteiger partial charge in [-0.15, -0.1) is 0 Å². The Morgan fingerprint density at radius 1 is 1.50 bits per heavy atom. The Labute approximate surface area is 124 Å². The van der Waals surface area contributed by atoms with E-state index in [0.29, 0.717) is 12.5 Å². The molecule has 7 heteroatoms. The highest BCUT2D eigenvalue weighted by molar-refractivity contribution is 7.89. The smallest absolute Gasteiger partial charge is 0.240 e. The monoisotopic (exact) mass is 313 g/mol. The van der Waals surface area contributed by atoms with Crippen LogP contribution in [0.1, 0.15) is 18.4 Å². The van der Waals surface area contributed by atoms with Gasteiger partial charge in [-0.05, 0) is 50.0 Å². The van der Waals surface area contributed by atoms with Gasteiger partial charge in [0.15, 0.2) is 0 Å². The summed E-state index contributed by atoms with van der Waals surface area (Å²) in [7, 11) is -3.58. The average Bonchev–Trinajstić information content (AvgIpc) is 2.46. The Morgan fingerprint density at radius 2 is 2.30 bits per heavy atom. The molecule has 1 atom stereocenters. The number of hydrogen-bond donors (Lipinski definition) is 2. The van der Waals surface area contributed by atoms with Crippen LogP contribution < -0.4 is 10.0 Å². The molecule has 0 radical (unpaired) electrons. The summed E-state index contributed by atoms with van der Waals surface area (Å²) in [6.45, 7) is 2.23. The summed E-state index contributed by atoms with van der Waals surface area (Å²) in [5, 5.41) is 12.2. The number of sulfonamides is 1. The lowest BCUT2D eigenvalue weighted by molar-refractivity contribution is 0.376. The second-order valence-electron chi connectivity index (χ2n) is 4.82. The summed E-state index contributed by atoms with van der Waals surface area (Å²) in [5.74, 6) is 0.312. The number of nitrogens with one attached hydrogen (secondary N) is 2. The van der Waals surface area contributed by atoms with E-state index in [1.807, 2.05) is 6.07 Å². The van der Waals surface area contributed by atoms with Crippen molar-refractivity contribution in [3.8, 4) is 6.07 Å². The van der Waals surface area contributed by atoms with Crippen LogP contribution in [0.2, 0.25) is 5.02 Å². The number of nitriles is 1. The molecule has 1 heterocycles. The zero-order valence-electron chi connectivity index (χ0n) is 10.9. The van der Waals surface area contributed by atoms with E-state index in [2.05, 4.69) is 10.0 Å². The molecule has 1 unspecified atom stereocenters. The first-order chi connectivity index (χ1) is 9.53. The average molecular weight is 314 g/mol. The Hall–Kier alpha value is -1.13. The Bertz CT molecular complexity index is 619. The Balaban J connectivity index is 2.06. The van der Waals surface area contributed by atoms with Crippen molar-refractivity contribution in [1.29, 1.82) is 5.26 Å². The lowest BCUT2D eigenvalue weighted by Gasteiger charge is -2.22. The van der Waals surface area contributed by atoms with Crippen LogP contribution in [0.15, 0.2) is 23.1 Å². The third kappa shape index (κ3) is 3.70. The summed E-state index contributed by atoms with van der Waals surface area (Å²) in [6, 6.07) is 6.02. The van der Waals surface area contributed by atoms with Crippen LogP contribution in [-0.4, -0.2) is 28.1 Å². The van der Waals surface area contributed by atoms with Gasteiger partial charge < -0.3 is 5.32 Å². The first-order valence-corrected chi connectivity index (χ1v) is 8.29. The maximum atomic E-state index is 12.2. The maximum absolute atomic E-state index is 12.2. The molecule has 20 heavy (non-hydrogen) atoms. The molecule has 108 valence electrons. The normalized spacial score (nSPS) is 19.5. The fourth-order valence-corrected chi connectivity index (χ4v) is 3.59. The number of halogens is 1. The van der Waals surface area contributed by atoms with E-state index >= 15 is 0 Å². The molecular weight excluding hydrogens is 298 g/mol. The first-order valence-electron chi connectivity index (χ1n) is 6.43. The van der Waals surface area contributed by atoms with Crippen LogP contribution in [0.4, 0.5) is 0 Å². The summed E-state index contributed by atoms with van der Waals surface area (Å²) in [4.78, 5) is 0.0882. The molecule has 0 saturated carbocycles. The molecule has 0 bridgehead atoms. The van der Waals surface area contributed by atoms with Gasteiger partial charge in [0, 0.05) is 6.54 Å². The van der Waals surface area contributed by atoms with E-state index in [9.17, 15) is 8.42 Å². The summed E-state index contributed by atoms with van der Waals surface area (Å²) in [5.41, 5.74) is 0.266. The van der Waals surface area contributed by atoms with Crippen molar-refractivity contribution in [1.82, 2.24) is 10.0 Å². The highest BCUT2D eigenvalue weighted by Crippen LogP contribution is 2.20. The van der Waals surface area contributed by atoms with Crippen molar-refractivity contribution in [2.75, 3.05) is 19.6 Å². The van der Waals surface area contributed by atoms with Crippen molar-refractivity contribution in [2.24, 2.45) is 5.92 Å². The molecule has 1 aliphatic rings. The second kappa shape index (κ2) is 6.55. The van der Waals surface area contributed by atoms with Crippen molar-refractivity contribution >= 4 is 21.6 Å². The predicted molar refractivity (Wildman–Crippen MR) is 76.9 cm³/mol.